The highest BCUT2D eigenvalue weighted by atomic mass is 35.5. The van der Waals surface area contributed by atoms with Crippen LogP contribution in [0.2, 0.25) is 0 Å². The third-order valence-corrected chi connectivity index (χ3v) is 3.08. The minimum absolute atomic E-state index is 0. The van der Waals surface area contributed by atoms with Gasteiger partial charge in [0.25, 0.3) is 0 Å². The first kappa shape index (κ1) is 16.9. The molecule has 0 aromatic heterocycles. The fourth-order valence-electron chi connectivity index (χ4n) is 1.61. The second-order valence-corrected chi connectivity index (χ2v) is 4.93. The number of halogens is 2. The summed E-state index contributed by atoms with van der Waals surface area (Å²) in [5.41, 5.74) is 6.12. The lowest BCUT2D eigenvalue weighted by Crippen LogP contribution is -2.44. The van der Waals surface area contributed by atoms with Gasteiger partial charge in [-0.1, -0.05) is 26.0 Å². The SMILES string of the molecule is CC(C)(CCc1ccc(F)cc1)C(N)C(=O)O.Cl. The van der Waals surface area contributed by atoms with E-state index in [0.29, 0.717) is 12.8 Å². The molecule has 5 heteroatoms. The van der Waals surface area contributed by atoms with Crippen LogP contribution in [0.5, 0.6) is 0 Å². The molecular formula is C13H19ClFNO2. The lowest BCUT2D eigenvalue weighted by atomic mass is 9.79. The number of nitrogens with two attached hydrogens (primary N) is 1. The zero-order valence-corrected chi connectivity index (χ0v) is 11.3. The molecule has 1 aromatic carbocycles. The number of hydrogen-bond acceptors (Lipinski definition) is 2. The summed E-state index contributed by atoms with van der Waals surface area (Å²) in [4.78, 5) is 10.8. The Bertz CT molecular complexity index is 392. The van der Waals surface area contributed by atoms with Gasteiger partial charge in [0, 0.05) is 0 Å². The van der Waals surface area contributed by atoms with E-state index in [0.717, 1.165) is 5.56 Å². The van der Waals surface area contributed by atoms with E-state index in [1.807, 2.05) is 13.8 Å². The second-order valence-electron chi connectivity index (χ2n) is 4.93. The molecular weight excluding hydrogens is 257 g/mol. The molecule has 102 valence electrons. The lowest BCUT2D eigenvalue weighted by molar-refractivity contribution is -0.141. The van der Waals surface area contributed by atoms with Gasteiger partial charge in [-0.15, -0.1) is 12.4 Å². The van der Waals surface area contributed by atoms with E-state index in [2.05, 4.69) is 0 Å². The van der Waals surface area contributed by atoms with Gasteiger partial charge < -0.3 is 10.8 Å². The van der Waals surface area contributed by atoms with Crippen LogP contribution < -0.4 is 5.73 Å². The third-order valence-electron chi connectivity index (χ3n) is 3.08. The Hall–Kier alpha value is -1.13. The van der Waals surface area contributed by atoms with E-state index >= 15 is 0 Å². The van der Waals surface area contributed by atoms with Crippen molar-refractivity contribution in [3.05, 3.63) is 35.6 Å². The predicted octanol–water partition coefficient (Wildman–Crippen LogP) is 2.62. The van der Waals surface area contributed by atoms with Crippen molar-refractivity contribution in [3.8, 4) is 0 Å². The van der Waals surface area contributed by atoms with Gasteiger partial charge in [-0.2, -0.15) is 0 Å². The van der Waals surface area contributed by atoms with Crippen LogP contribution in [0.4, 0.5) is 4.39 Å². The number of aliphatic carboxylic acids is 1. The summed E-state index contributed by atoms with van der Waals surface area (Å²) in [5, 5.41) is 8.88. The molecule has 0 heterocycles. The topological polar surface area (TPSA) is 63.3 Å². The summed E-state index contributed by atoms with van der Waals surface area (Å²) < 4.78 is 12.7. The fourth-order valence-corrected chi connectivity index (χ4v) is 1.61. The lowest BCUT2D eigenvalue weighted by Gasteiger charge is -2.28. The fraction of sp³-hybridized carbons (Fsp3) is 0.462. The highest BCUT2D eigenvalue weighted by Crippen LogP contribution is 2.26. The van der Waals surface area contributed by atoms with E-state index in [1.165, 1.54) is 12.1 Å². The number of aryl methyl sites for hydroxylation is 1. The Morgan fingerprint density at radius 2 is 1.89 bits per heavy atom. The first-order chi connectivity index (χ1) is 7.83. The van der Waals surface area contributed by atoms with Gasteiger partial charge in [-0.25, -0.2) is 4.39 Å². The van der Waals surface area contributed by atoms with Crippen LogP contribution in [0.25, 0.3) is 0 Å². The summed E-state index contributed by atoms with van der Waals surface area (Å²) in [7, 11) is 0. The minimum atomic E-state index is -0.992. The van der Waals surface area contributed by atoms with Crippen LogP contribution in [0.1, 0.15) is 25.8 Å². The normalized spacial score (nSPS) is 12.7. The molecule has 3 N–H and O–H groups in total. The molecule has 0 radical (unpaired) electrons. The summed E-state index contributed by atoms with van der Waals surface area (Å²) >= 11 is 0. The zero-order valence-electron chi connectivity index (χ0n) is 10.5. The molecule has 0 saturated heterocycles. The number of carboxylic acid groups (broad SMARTS) is 1. The molecule has 1 atom stereocenters. The van der Waals surface area contributed by atoms with E-state index in [4.69, 9.17) is 10.8 Å². The quantitative estimate of drug-likeness (QED) is 0.868. The van der Waals surface area contributed by atoms with Crippen molar-refractivity contribution in [2.45, 2.75) is 32.7 Å². The number of rotatable bonds is 5. The summed E-state index contributed by atoms with van der Waals surface area (Å²) in [6, 6.07) is 5.33. The van der Waals surface area contributed by atoms with Crippen LogP contribution in [0.15, 0.2) is 24.3 Å². The first-order valence-electron chi connectivity index (χ1n) is 5.56. The molecule has 0 amide bonds. The number of benzene rings is 1. The molecule has 18 heavy (non-hydrogen) atoms. The zero-order chi connectivity index (χ0) is 13.1. The van der Waals surface area contributed by atoms with Crippen molar-refractivity contribution in [1.29, 1.82) is 0 Å². The maximum atomic E-state index is 12.7. The summed E-state index contributed by atoms with van der Waals surface area (Å²) in [6.45, 7) is 3.66. The average molecular weight is 276 g/mol. The second kappa shape index (κ2) is 6.71. The van der Waals surface area contributed by atoms with Gasteiger partial charge in [0.05, 0.1) is 0 Å². The Labute approximate surface area is 113 Å². The Morgan fingerprint density at radius 1 is 1.39 bits per heavy atom. The van der Waals surface area contributed by atoms with Crippen molar-refractivity contribution in [2.75, 3.05) is 0 Å². The molecule has 1 rings (SSSR count). The van der Waals surface area contributed by atoms with Gasteiger partial charge in [-0.3, -0.25) is 4.79 Å². The molecule has 0 fully saturated rings. The van der Waals surface area contributed by atoms with Crippen LogP contribution in [0, 0.1) is 11.2 Å². The summed E-state index contributed by atoms with van der Waals surface area (Å²) in [6.07, 6.45) is 1.33. The minimum Gasteiger partial charge on any atom is -0.480 e. The third kappa shape index (κ3) is 4.63. The van der Waals surface area contributed by atoms with Crippen molar-refractivity contribution in [2.24, 2.45) is 11.1 Å². The molecule has 1 unspecified atom stereocenters. The van der Waals surface area contributed by atoms with Gasteiger partial charge >= 0.3 is 5.97 Å². The van der Waals surface area contributed by atoms with Crippen molar-refractivity contribution >= 4 is 18.4 Å². The molecule has 0 aliphatic rings. The molecule has 0 spiro atoms. The van der Waals surface area contributed by atoms with Crippen molar-refractivity contribution in [1.82, 2.24) is 0 Å². The smallest absolute Gasteiger partial charge is 0.321 e. The molecule has 0 saturated carbocycles. The monoisotopic (exact) mass is 275 g/mol. The molecule has 0 bridgehead atoms. The largest absolute Gasteiger partial charge is 0.480 e. The maximum Gasteiger partial charge on any atom is 0.321 e. The predicted molar refractivity (Wildman–Crippen MR) is 71.4 cm³/mol. The molecule has 0 aliphatic heterocycles. The van der Waals surface area contributed by atoms with E-state index in [9.17, 15) is 9.18 Å². The Kier molecular flexibility index (Phi) is 6.29. The maximum absolute atomic E-state index is 12.7. The van der Waals surface area contributed by atoms with E-state index in [1.54, 1.807) is 12.1 Å². The summed E-state index contributed by atoms with van der Waals surface area (Å²) in [5.74, 6) is -1.26. The molecule has 3 nitrogen and oxygen atoms in total. The van der Waals surface area contributed by atoms with Gasteiger partial charge in [-0.05, 0) is 36.0 Å². The molecule has 1 aromatic rings. The molecule has 0 aliphatic carbocycles. The number of carbonyl (C=O) groups is 1. The highest BCUT2D eigenvalue weighted by molar-refractivity contribution is 5.85. The highest BCUT2D eigenvalue weighted by Gasteiger charge is 2.31. The van der Waals surface area contributed by atoms with E-state index < -0.39 is 17.4 Å². The van der Waals surface area contributed by atoms with Crippen LogP contribution in [0.3, 0.4) is 0 Å². The first-order valence-corrected chi connectivity index (χ1v) is 5.56. The van der Waals surface area contributed by atoms with E-state index in [-0.39, 0.29) is 18.2 Å². The van der Waals surface area contributed by atoms with Crippen molar-refractivity contribution < 1.29 is 14.3 Å². The van der Waals surface area contributed by atoms with Gasteiger partial charge in [0.2, 0.25) is 0 Å². The van der Waals surface area contributed by atoms with Crippen molar-refractivity contribution in [3.63, 3.8) is 0 Å². The Morgan fingerprint density at radius 3 is 2.33 bits per heavy atom. The number of hydrogen-bond donors (Lipinski definition) is 2. The standard InChI is InChI=1S/C13H18FNO2.ClH/c1-13(2,11(15)12(16)17)8-7-9-3-5-10(14)6-4-9;/h3-6,11H,7-8,15H2,1-2H3,(H,16,17);1H. The number of carboxylic acids is 1. The van der Waals surface area contributed by atoms with Crippen LogP contribution >= 0.6 is 12.4 Å². The Balaban J connectivity index is 0.00000289. The van der Waals surface area contributed by atoms with Gasteiger partial charge in [0.1, 0.15) is 11.9 Å². The average Bonchev–Trinajstić information content (AvgIpc) is 2.27. The van der Waals surface area contributed by atoms with Crippen LogP contribution in [-0.4, -0.2) is 17.1 Å². The van der Waals surface area contributed by atoms with Gasteiger partial charge in [0.15, 0.2) is 0 Å². The van der Waals surface area contributed by atoms with Crippen LogP contribution in [-0.2, 0) is 11.2 Å².